The maximum atomic E-state index is 12.4. The van der Waals surface area contributed by atoms with Crippen LogP contribution in [0.1, 0.15) is 56.9 Å². The maximum absolute atomic E-state index is 12.4. The highest BCUT2D eigenvalue weighted by molar-refractivity contribution is 5.97. The van der Waals surface area contributed by atoms with Gasteiger partial charge in [-0.25, -0.2) is 0 Å². The highest BCUT2D eigenvalue weighted by Crippen LogP contribution is 2.25. The summed E-state index contributed by atoms with van der Waals surface area (Å²) in [6.07, 6.45) is 7.71. The molecule has 2 N–H and O–H groups in total. The SMILES string of the molecule is CC(C)(C)OC1CCC(NC(=O)c2cc3ccncc3[nH]2)CC1. The fraction of sp³-hybridized carbons (Fsp3) is 0.556. The van der Waals surface area contributed by atoms with Gasteiger partial charge in [-0.15, -0.1) is 0 Å². The van der Waals surface area contributed by atoms with E-state index in [1.54, 1.807) is 12.4 Å². The third-order valence-electron chi connectivity index (χ3n) is 4.20. The summed E-state index contributed by atoms with van der Waals surface area (Å²) in [5.41, 5.74) is 1.39. The Kier molecular flexibility index (Phi) is 4.39. The third kappa shape index (κ3) is 4.10. The monoisotopic (exact) mass is 315 g/mol. The fourth-order valence-corrected chi connectivity index (χ4v) is 3.18. The first-order valence-electron chi connectivity index (χ1n) is 8.32. The van der Waals surface area contributed by atoms with E-state index < -0.39 is 0 Å². The summed E-state index contributed by atoms with van der Waals surface area (Å²) in [5.74, 6) is -0.0404. The van der Waals surface area contributed by atoms with Crippen molar-refractivity contribution in [1.82, 2.24) is 15.3 Å². The van der Waals surface area contributed by atoms with E-state index in [0.29, 0.717) is 11.8 Å². The number of carbonyl (C=O) groups is 1. The molecule has 1 aliphatic carbocycles. The van der Waals surface area contributed by atoms with Crippen LogP contribution in [0.15, 0.2) is 24.5 Å². The Morgan fingerprint density at radius 3 is 2.70 bits per heavy atom. The van der Waals surface area contributed by atoms with Crippen molar-refractivity contribution in [3.8, 4) is 0 Å². The molecule has 2 aromatic heterocycles. The molecule has 1 amide bonds. The Labute approximate surface area is 136 Å². The minimum Gasteiger partial charge on any atom is -0.373 e. The Morgan fingerprint density at radius 2 is 2.04 bits per heavy atom. The summed E-state index contributed by atoms with van der Waals surface area (Å²) >= 11 is 0. The number of nitrogens with one attached hydrogen (secondary N) is 2. The van der Waals surface area contributed by atoms with Crippen LogP contribution in [-0.4, -0.2) is 33.6 Å². The van der Waals surface area contributed by atoms with E-state index >= 15 is 0 Å². The molecule has 0 bridgehead atoms. The van der Waals surface area contributed by atoms with Crippen molar-refractivity contribution in [3.05, 3.63) is 30.2 Å². The molecular weight excluding hydrogens is 290 g/mol. The second-order valence-corrected chi connectivity index (χ2v) is 7.32. The van der Waals surface area contributed by atoms with Crippen LogP contribution in [0.25, 0.3) is 10.9 Å². The maximum Gasteiger partial charge on any atom is 0.267 e. The first-order valence-corrected chi connectivity index (χ1v) is 8.32. The minimum absolute atomic E-state index is 0.0404. The summed E-state index contributed by atoms with van der Waals surface area (Å²) in [4.78, 5) is 19.6. The number of nitrogens with zero attached hydrogens (tertiary/aromatic N) is 1. The Bertz CT molecular complexity index is 646. The molecule has 0 atom stereocenters. The van der Waals surface area contributed by atoms with Crippen molar-refractivity contribution in [2.75, 3.05) is 0 Å². The molecule has 124 valence electrons. The van der Waals surface area contributed by atoms with Crippen LogP contribution in [0.4, 0.5) is 0 Å². The molecule has 1 aliphatic rings. The number of hydrogen-bond donors (Lipinski definition) is 2. The van der Waals surface area contributed by atoms with E-state index in [1.165, 1.54) is 0 Å². The highest BCUT2D eigenvalue weighted by atomic mass is 16.5. The van der Waals surface area contributed by atoms with Crippen LogP contribution in [0, 0.1) is 0 Å². The van der Waals surface area contributed by atoms with Crippen LogP contribution in [0.2, 0.25) is 0 Å². The molecule has 0 aliphatic heterocycles. The van der Waals surface area contributed by atoms with Crippen molar-refractivity contribution >= 4 is 16.8 Å². The summed E-state index contributed by atoms with van der Waals surface area (Å²) < 4.78 is 6.03. The van der Waals surface area contributed by atoms with Crippen LogP contribution in [-0.2, 0) is 4.74 Å². The number of rotatable bonds is 3. The Balaban J connectivity index is 1.55. The van der Waals surface area contributed by atoms with Crippen molar-refractivity contribution in [2.45, 2.75) is 64.2 Å². The number of amides is 1. The van der Waals surface area contributed by atoms with Gasteiger partial charge in [-0.2, -0.15) is 0 Å². The first kappa shape index (κ1) is 16.0. The Morgan fingerprint density at radius 1 is 1.30 bits per heavy atom. The van der Waals surface area contributed by atoms with E-state index in [-0.39, 0.29) is 17.6 Å². The van der Waals surface area contributed by atoms with Gasteiger partial charge in [0.1, 0.15) is 5.69 Å². The zero-order valence-corrected chi connectivity index (χ0v) is 14.1. The van der Waals surface area contributed by atoms with Crippen LogP contribution >= 0.6 is 0 Å². The van der Waals surface area contributed by atoms with Gasteiger partial charge < -0.3 is 15.0 Å². The molecule has 0 unspecified atom stereocenters. The van der Waals surface area contributed by atoms with Crippen molar-refractivity contribution in [2.24, 2.45) is 0 Å². The molecule has 2 aromatic rings. The highest BCUT2D eigenvalue weighted by Gasteiger charge is 2.26. The van der Waals surface area contributed by atoms with E-state index in [2.05, 4.69) is 36.1 Å². The molecule has 1 fully saturated rings. The predicted molar refractivity (Wildman–Crippen MR) is 90.4 cm³/mol. The second-order valence-electron chi connectivity index (χ2n) is 7.32. The largest absolute Gasteiger partial charge is 0.373 e. The van der Waals surface area contributed by atoms with Crippen molar-refractivity contribution in [3.63, 3.8) is 0 Å². The molecule has 3 rings (SSSR count). The molecule has 0 saturated heterocycles. The van der Waals surface area contributed by atoms with Gasteiger partial charge in [0.05, 0.1) is 23.4 Å². The fourth-order valence-electron chi connectivity index (χ4n) is 3.18. The molecule has 2 heterocycles. The number of H-pyrrole nitrogens is 1. The number of aromatic amines is 1. The number of fused-ring (bicyclic) bond motifs is 1. The van der Waals surface area contributed by atoms with Crippen LogP contribution < -0.4 is 5.32 Å². The molecule has 1 saturated carbocycles. The summed E-state index contributed by atoms with van der Waals surface area (Å²) in [7, 11) is 0. The average Bonchev–Trinajstić information content (AvgIpc) is 2.92. The van der Waals surface area contributed by atoms with E-state index in [1.807, 2.05) is 12.1 Å². The lowest BCUT2D eigenvalue weighted by Crippen LogP contribution is -2.40. The predicted octanol–water partition coefficient (Wildman–Crippen LogP) is 3.42. The summed E-state index contributed by atoms with van der Waals surface area (Å²) in [5, 5.41) is 4.14. The smallest absolute Gasteiger partial charge is 0.267 e. The van der Waals surface area contributed by atoms with Gasteiger partial charge in [0, 0.05) is 17.6 Å². The van der Waals surface area contributed by atoms with Gasteiger partial charge >= 0.3 is 0 Å². The van der Waals surface area contributed by atoms with Gasteiger partial charge in [0.15, 0.2) is 0 Å². The number of carbonyl (C=O) groups excluding carboxylic acids is 1. The molecule has 5 heteroatoms. The normalized spacial score (nSPS) is 22.2. The first-order chi connectivity index (χ1) is 10.9. The van der Waals surface area contributed by atoms with E-state index in [9.17, 15) is 4.79 Å². The van der Waals surface area contributed by atoms with E-state index in [4.69, 9.17) is 4.74 Å². The van der Waals surface area contributed by atoms with Gasteiger partial charge in [-0.05, 0) is 58.6 Å². The van der Waals surface area contributed by atoms with Crippen LogP contribution in [0.5, 0.6) is 0 Å². The molecule has 23 heavy (non-hydrogen) atoms. The third-order valence-corrected chi connectivity index (χ3v) is 4.20. The minimum atomic E-state index is -0.0981. The summed E-state index contributed by atoms with van der Waals surface area (Å²) in [6, 6.07) is 4.00. The number of pyridine rings is 1. The van der Waals surface area contributed by atoms with Gasteiger partial charge in [0.25, 0.3) is 5.91 Å². The topological polar surface area (TPSA) is 67.0 Å². The molecule has 0 aromatic carbocycles. The second kappa shape index (κ2) is 6.32. The molecule has 0 radical (unpaired) electrons. The van der Waals surface area contributed by atoms with Crippen LogP contribution in [0.3, 0.4) is 0 Å². The molecule has 5 nitrogen and oxygen atoms in total. The summed E-state index contributed by atoms with van der Waals surface area (Å²) in [6.45, 7) is 6.27. The standard InChI is InChI=1S/C18H25N3O2/c1-18(2,3)23-14-6-4-13(5-7-14)20-17(22)15-10-12-8-9-19-11-16(12)21-15/h8-11,13-14,21H,4-7H2,1-3H3,(H,20,22). The lowest BCUT2D eigenvalue weighted by Gasteiger charge is -2.33. The zero-order valence-electron chi connectivity index (χ0n) is 14.1. The average molecular weight is 315 g/mol. The van der Waals surface area contributed by atoms with Gasteiger partial charge in [-0.3, -0.25) is 9.78 Å². The van der Waals surface area contributed by atoms with E-state index in [0.717, 1.165) is 36.6 Å². The number of hydrogen-bond acceptors (Lipinski definition) is 3. The number of aromatic nitrogens is 2. The lowest BCUT2D eigenvalue weighted by atomic mass is 9.92. The Hall–Kier alpha value is -1.88. The molecule has 0 spiro atoms. The quantitative estimate of drug-likeness (QED) is 0.912. The van der Waals surface area contributed by atoms with Crippen molar-refractivity contribution < 1.29 is 9.53 Å². The zero-order chi connectivity index (χ0) is 16.4. The number of ether oxygens (including phenoxy) is 1. The molecular formula is C18H25N3O2. The lowest BCUT2D eigenvalue weighted by molar-refractivity contribution is -0.0757. The van der Waals surface area contributed by atoms with Gasteiger partial charge in [-0.1, -0.05) is 0 Å². The van der Waals surface area contributed by atoms with Crippen molar-refractivity contribution in [1.29, 1.82) is 0 Å². The van der Waals surface area contributed by atoms with Gasteiger partial charge in [0.2, 0.25) is 0 Å².